The van der Waals surface area contributed by atoms with E-state index in [4.69, 9.17) is 4.74 Å². The fourth-order valence-corrected chi connectivity index (χ4v) is 3.92. The average molecular weight is 413 g/mol. The Morgan fingerprint density at radius 1 is 1.00 bits per heavy atom. The number of rotatable bonds is 7. The number of carbonyl (C=O) groups is 1. The molecule has 0 aliphatic rings. The van der Waals surface area contributed by atoms with Crippen LogP contribution in [-0.4, -0.2) is 29.4 Å². The van der Waals surface area contributed by atoms with E-state index in [1.54, 1.807) is 0 Å². The first-order valence-electron chi connectivity index (χ1n) is 10.7. The van der Waals surface area contributed by atoms with Gasteiger partial charge in [-0.2, -0.15) is 0 Å². The average Bonchev–Trinajstić information content (AvgIpc) is 3.23. The maximum atomic E-state index is 13.5. The van der Waals surface area contributed by atoms with Crippen LogP contribution in [0.15, 0.2) is 79.0 Å². The molecule has 31 heavy (non-hydrogen) atoms. The Bertz CT molecular complexity index is 1160. The number of benzene rings is 3. The second kappa shape index (κ2) is 9.09. The molecule has 3 aromatic carbocycles. The van der Waals surface area contributed by atoms with Crippen LogP contribution in [0, 0.1) is 6.92 Å². The summed E-state index contributed by atoms with van der Waals surface area (Å²) in [7, 11) is 1.87. The predicted octanol–water partition coefficient (Wildman–Crippen LogP) is 6.13. The molecule has 1 atom stereocenters. The maximum Gasteiger partial charge on any atom is 0.254 e. The van der Waals surface area contributed by atoms with Crippen LogP contribution in [0.4, 0.5) is 0 Å². The molecule has 158 valence electrons. The van der Waals surface area contributed by atoms with Crippen molar-refractivity contribution >= 4 is 16.8 Å². The molecule has 1 N–H and O–H groups in total. The monoisotopic (exact) mass is 412 g/mol. The zero-order valence-corrected chi connectivity index (χ0v) is 18.3. The van der Waals surface area contributed by atoms with Crippen molar-refractivity contribution in [2.24, 2.45) is 0 Å². The van der Waals surface area contributed by atoms with Crippen molar-refractivity contribution in [1.29, 1.82) is 0 Å². The van der Waals surface area contributed by atoms with Crippen molar-refractivity contribution in [3.63, 3.8) is 0 Å². The quantitative estimate of drug-likeness (QED) is 0.397. The predicted molar refractivity (Wildman–Crippen MR) is 126 cm³/mol. The number of nitrogens with zero attached hydrogens (tertiary/aromatic N) is 1. The largest absolute Gasteiger partial charge is 0.494 e. The molecule has 0 aliphatic carbocycles. The summed E-state index contributed by atoms with van der Waals surface area (Å²) in [6.07, 6.45) is 2.97. The Labute approximate surface area is 183 Å². The molecule has 4 rings (SSSR count). The van der Waals surface area contributed by atoms with E-state index >= 15 is 0 Å². The lowest BCUT2D eigenvalue weighted by Crippen LogP contribution is -2.32. The summed E-state index contributed by atoms with van der Waals surface area (Å²) in [4.78, 5) is 18.6. The molecule has 1 amide bonds. The number of aryl methyl sites for hydroxylation is 1. The van der Waals surface area contributed by atoms with E-state index in [0.717, 1.165) is 34.2 Å². The van der Waals surface area contributed by atoms with Gasteiger partial charge in [0.25, 0.3) is 5.91 Å². The van der Waals surface area contributed by atoms with Crippen LogP contribution in [0.2, 0.25) is 0 Å². The van der Waals surface area contributed by atoms with Gasteiger partial charge in [0.2, 0.25) is 0 Å². The molecule has 1 heterocycles. The van der Waals surface area contributed by atoms with E-state index in [-0.39, 0.29) is 11.9 Å². The number of nitrogens with one attached hydrogen (secondary N) is 1. The molecule has 0 unspecified atom stereocenters. The van der Waals surface area contributed by atoms with Crippen LogP contribution < -0.4 is 4.74 Å². The van der Waals surface area contributed by atoms with Crippen LogP contribution in [0.3, 0.4) is 0 Å². The zero-order chi connectivity index (χ0) is 21.8. The Hall–Kier alpha value is -3.53. The van der Waals surface area contributed by atoms with Gasteiger partial charge in [0.1, 0.15) is 5.75 Å². The highest BCUT2D eigenvalue weighted by Gasteiger charge is 2.26. The third-order valence-corrected chi connectivity index (χ3v) is 5.59. The Morgan fingerprint density at radius 3 is 2.42 bits per heavy atom. The van der Waals surface area contributed by atoms with Crippen LogP contribution in [0.25, 0.3) is 10.9 Å². The lowest BCUT2D eigenvalue weighted by atomic mass is 9.95. The number of para-hydroxylation sites is 1. The first kappa shape index (κ1) is 20.7. The van der Waals surface area contributed by atoms with Gasteiger partial charge in [-0.3, -0.25) is 4.79 Å². The number of hydrogen-bond donors (Lipinski definition) is 1. The van der Waals surface area contributed by atoms with Crippen LogP contribution >= 0.6 is 0 Å². The van der Waals surface area contributed by atoms with Gasteiger partial charge in [0.05, 0.1) is 12.6 Å². The van der Waals surface area contributed by atoms with E-state index in [1.165, 1.54) is 5.56 Å². The Morgan fingerprint density at radius 2 is 1.71 bits per heavy atom. The number of ether oxygens (including phenoxy) is 1. The minimum Gasteiger partial charge on any atom is -0.494 e. The number of aromatic nitrogens is 1. The number of fused-ring (bicyclic) bond motifs is 1. The number of hydrogen-bond acceptors (Lipinski definition) is 2. The smallest absolute Gasteiger partial charge is 0.254 e. The molecule has 0 bridgehead atoms. The molecule has 0 radical (unpaired) electrons. The van der Waals surface area contributed by atoms with Gasteiger partial charge in [-0.15, -0.1) is 0 Å². The van der Waals surface area contributed by atoms with Gasteiger partial charge in [-0.25, -0.2) is 0 Å². The first-order chi connectivity index (χ1) is 15.1. The third kappa shape index (κ3) is 4.33. The molecule has 4 heteroatoms. The third-order valence-electron chi connectivity index (χ3n) is 5.59. The van der Waals surface area contributed by atoms with E-state index < -0.39 is 0 Å². The molecule has 4 aromatic rings. The summed E-state index contributed by atoms with van der Waals surface area (Å²) in [5.74, 6) is 0.755. The van der Waals surface area contributed by atoms with Gasteiger partial charge < -0.3 is 14.6 Å². The van der Waals surface area contributed by atoms with Crippen LogP contribution in [-0.2, 0) is 0 Å². The summed E-state index contributed by atoms with van der Waals surface area (Å²) in [5, 5.41) is 1.12. The lowest BCUT2D eigenvalue weighted by molar-refractivity contribution is 0.0756. The highest BCUT2D eigenvalue weighted by Crippen LogP contribution is 2.34. The van der Waals surface area contributed by atoms with Gasteiger partial charge in [0.15, 0.2) is 0 Å². The molecule has 0 fully saturated rings. The first-order valence-corrected chi connectivity index (χ1v) is 10.7. The van der Waals surface area contributed by atoms with E-state index in [2.05, 4.69) is 55.2 Å². The standard InChI is InChI=1S/C27H28N2O2/c1-4-17-31-22-15-13-21(14-16-22)27(30)29(3)26(20-11-9-19(2)10-12-20)24-18-28-25-8-6-5-7-23(24)25/h5-16,18,26,28H,4,17H2,1-3H3/t26-/m1/s1. The van der Waals surface area contributed by atoms with Crippen LogP contribution in [0.5, 0.6) is 5.75 Å². The maximum absolute atomic E-state index is 13.5. The second-order valence-corrected chi connectivity index (χ2v) is 7.89. The van der Waals surface area contributed by atoms with E-state index in [1.807, 2.05) is 54.5 Å². The molecule has 0 saturated heterocycles. The topological polar surface area (TPSA) is 45.3 Å². The zero-order valence-electron chi connectivity index (χ0n) is 18.3. The molecular formula is C27H28N2O2. The normalized spacial score (nSPS) is 12.0. The summed E-state index contributed by atoms with van der Waals surface area (Å²) in [6, 6.07) is 23.8. The number of carbonyl (C=O) groups excluding carboxylic acids is 1. The molecule has 4 nitrogen and oxygen atoms in total. The number of aromatic amines is 1. The minimum atomic E-state index is -0.208. The molecular weight excluding hydrogens is 384 g/mol. The van der Waals surface area contributed by atoms with E-state index in [9.17, 15) is 4.79 Å². The van der Waals surface area contributed by atoms with Crippen molar-refractivity contribution in [1.82, 2.24) is 9.88 Å². The van der Waals surface area contributed by atoms with Crippen molar-refractivity contribution in [3.05, 3.63) is 101 Å². The molecule has 0 saturated carbocycles. The fraction of sp³-hybridized carbons (Fsp3) is 0.222. The lowest BCUT2D eigenvalue weighted by Gasteiger charge is -2.29. The summed E-state index contributed by atoms with van der Waals surface area (Å²) in [6.45, 7) is 4.81. The second-order valence-electron chi connectivity index (χ2n) is 7.89. The van der Waals surface area contributed by atoms with Crippen molar-refractivity contribution in [2.75, 3.05) is 13.7 Å². The highest BCUT2D eigenvalue weighted by atomic mass is 16.5. The van der Waals surface area contributed by atoms with Gasteiger partial charge >= 0.3 is 0 Å². The van der Waals surface area contributed by atoms with Gasteiger partial charge in [0, 0.05) is 35.3 Å². The van der Waals surface area contributed by atoms with Gasteiger partial charge in [-0.05, 0) is 49.2 Å². The number of amides is 1. The van der Waals surface area contributed by atoms with Crippen molar-refractivity contribution < 1.29 is 9.53 Å². The minimum absolute atomic E-state index is 0.0297. The highest BCUT2D eigenvalue weighted by molar-refractivity contribution is 5.95. The SMILES string of the molecule is CCCOc1ccc(C(=O)N(C)[C@H](c2ccc(C)cc2)c2c[nH]c3ccccc23)cc1. The van der Waals surface area contributed by atoms with Crippen molar-refractivity contribution in [2.45, 2.75) is 26.3 Å². The molecule has 0 spiro atoms. The number of H-pyrrole nitrogens is 1. The van der Waals surface area contributed by atoms with Gasteiger partial charge in [-0.1, -0.05) is 55.0 Å². The Kier molecular flexibility index (Phi) is 6.08. The molecule has 1 aromatic heterocycles. The Balaban J connectivity index is 1.71. The van der Waals surface area contributed by atoms with E-state index in [0.29, 0.717) is 12.2 Å². The van der Waals surface area contributed by atoms with Crippen LogP contribution in [0.1, 0.15) is 46.4 Å². The van der Waals surface area contributed by atoms with Crippen molar-refractivity contribution in [3.8, 4) is 5.75 Å². The summed E-state index contributed by atoms with van der Waals surface area (Å²) < 4.78 is 5.66. The fourth-order valence-electron chi connectivity index (χ4n) is 3.92. The molecule has 0 aliphatic heterocycles. The summed E-state index contributed by atoms with van der Waals surface area (Å²) >= 11 is 0. The summed E-state index contributed by atoms with van der Waals surface area (Å²) in [5.41, 5.74) is 5.06.